The molecule has 4 aromatic rings. The molecule has 0 aliphatic carbocycles. The molecule has 178 valence electrons. The summed E-state index contributed by atoms with van der Waals surface area (Å²) in [5.41, 5.74) is -2.24. The van der Waals surface area contributed by atoms with Gasteiger partial charge in [0, 0.05) is 6.54 Å². The maximum absolute atomic E-state index is 13.9. The van der Waals surface area contributed by atoms with Gasteiger partial charge in [0.15, 0.2) is 0 Å². The highest BCUT2D eigenvalue weighted by Crippen LogP contribution is 2.36. The summed E-state index contributed by atoms with van der Waals surface area (Å²) in [4.78, 5) is 44.0. The summed E-state index contributed by atoms with van der Waals surface area (Å²) < 4.78 is 26.7. The van der Waals surface area contributed by atoms with Gasteiger partial charge in [-0.3, -0.25) is 9.36 Å². The number of hydrogen-bond donors (Lipinski definition) is 1. The van der Waals surface area contributed by atoms with Gasteiger partial charge in [0.05, 0.1) is 23.6 Å². The Morgan fingerprint density at radius 3 is 2.68 bits per heavy atom. The highest BCUT2D eigenvalue weighted by Gasteiger charge is 2.35. The molecule has 0 radical (unpaired) electrons. The normalized spacial score (nSPS) is 11.8. The highest BCUT2D eigenvalue weighted by molar-refractivity contribution is 7.22. The number of methoxy groups -OCH3 is 1. The van der Waals surface area contributed by atoms with Crippen molar-refractivity contribution in [3.63, 3.8) is 0 Å². The molecule has 0 fully saturated rings. The number of aliphatic carboxylic acids is 1. The molecule has 0 aliphatic heterocycles. The summed E-state index contributed by atoms with van der Waals surface area (Å²) in [5, 5.41) is 9.96. The maximum Gasteiger partial charge on any atom is 0.333 e. The van der Waals surface area contributed by atoms with E-state index in [1.54, 1.807) is 6.92 Å². The van der Waals surface area contributed by atoms with Gasteiger partial charge < -0.3 is 14.3 Å². The molecule has 1 N–H and O–H groups in total. The van der Waals surface area contributed by atoms with E-state index in [2.05, 4.69) is 4.98 Å². The van der Waals surface area contributed by atoms with Crippen LogP contribution in [0.5, 0.6) is 5.75 Å². The molecule has 0 bridgehead atoms. The van der Waals surface area contributed by atoms with Crippen molar-refractivity contribution in [2.75, 3.05) is 7.11 Å². The van der Waals surface area contributed by atoms with E-state index >= 15 is 0 Å². The van der Waals surface area contributed by atoms with Crippen LogP contribution in [0.15, 0.2) is 44.7 Å². The zero-order chi connectivity index (χ0) is 24.8. The Balaban J connectivity index is 1.99. The number of aromatic nitrogens is 3. The quantitative estimate of drug-likeness (QED) is 0.425. The Hall–Kier alpha value is -3.73. The van der Waals surface area contributed by atoms with E-state index in [0.29, 0.717) is 26.6 Å². The summed E-state index contributed by atoms with van der Waals surface area (Å²) in [6.07, 6.45) is 3.06. The highest BCUT2D eigenvalue weighted by atomic mass is 32.1. The van der Waals surface area contributed by atoms with Crippen LogP contribution in [0.1, 0.15) is 25.0 Å². The van der Waals surface area contributed by atoms with Crippen molar-refractivity contribution < 1.29 is 23.4 Å². The molecule has 4 rings (SSSR count). The lowest BCUT2D eigenvalue weighted by Crippen LogP contribution is -2.52. The zero-order valence-electron chi connectivity index (χ0n) is 18.9. The molecule has 11 heteroatoms. The predicted molar refractivity (Wildman–Crippen MR) is 124 cm³/mol. The van der Waals surface area contributed by atoms with Gasteiger partial charge in [-0.15, -0.1) is 11.3 Å². The summed E-state index contributed by atoms with van der Waals surface area (Å²) in [7, 11) is 1.46. The zero-order valence-corrected chi connectivity index (χ0v) is 19.7. The van der Waals surface area contributed by atoms with Crippen molar-refractivity contribution in [3.8, 4) is 16.5 Å². The summed E-state index contributed by atoms with van der Waals surface area (Å²) >= 11 is 1.15. The fourth-order valence-electron chi connectivity index (χ4n) is 3.85. The molecule has 0 unspecified atom stereocenters. The molecule has 9 nitrogen and oxygen atoms in total. The van der Waals surface area contributed by atoms with E-state index in [1.807, 2.05) is 0 Å². The number of oxazole rings is 1. The van der Waals surface area contributed by atoms with Gasteiger partial charge in [-0.2, -0.15) is 0 Å². The van der Waals surface area contributed by atoms with E-state index < -0.39 is 28.6 Å². The number of ether oxygens (including phenoxy) is 1. The first-order valence-electron chi connectivity index (χ1n) is 10.3. The number of aryl methyl sites for hydroxylation is 3. The van der Waals surface area contributed by atoms with Gasteiger partial charge in [-0.05, 0) is 56.5 Å². The summed E-state index contributed by atoms with van der Waals surface area (Å²) in [5.74, 6) is -1.05. The predicted octanol–water partition coefficient (Wildman–Crippen LogP) is 3.40. The Kier molecular flexibility index (Phi) is 5.90. The molecule has 34 heavy (non-hydrogen) atoms. The van der Waals surface area contributed by atoms with Gasteiger partial charge in [0.1, 0.15) is 28.2 Å². The second kappa shape index (κ2) is 8.56. The standard InChI is InChI=1S/C23H22FN3O6S/c1-12-16-19(28)27(23(2,3)21(29)30)22(31)26(20(16)34-17(12)18-25-8-10-33-18)9-7-13-11-14(24)5-6-15(13)32-4/h5-6,8,10-11H,7,9H2,1-4H3,(H,29,30). The van der Waals surface area contributed by atoms with Crippen molar-refractivity contribution in [3.05, 3.63) is 68.4 Å². The molecular weight excluding hydrogens is 465 g/mol. The van der Waals surface area contributed by atoms with Crippen molar-refractivity contribution in [1.29, 1.82) is 0 Å². The van der Waals surface area contributed by atoms with Crippen LogP contribution in [0.3, 0.4) is 0 Å². The molecule has 0 saturated heterocycles. The number of benzene rings is 1. The van der Waals surface area contributed by atoms with Crippen LogP contribution in [-0.4, -0.2) is 32.3 Å². The molecule has 0 spiro atoms. The van der Waals surface area contributed by atoms with E-state index in [1.165, 1.54) is 56.2 Å². The van der Waals surface area contributed by atoms with Crippen LogP contribution >= 0.6 is 11.3 Å². The molecule has 1 aromatic carbocycles. The van der Waals surface area contributed by atoms with Gasteiger partial charge in [0.25, 0.3) is 5.56 Å². The monoisotopic (exact) mass is 487 g/mol. The van der Waals surface area contributed by atoms with Crippen molar-refractivity contribution >= 4 is 27.5 Å². The number of fused-ring (bicyclic) bond motifs is 1. The Labute approximate surface area is 196 Å². The number of hydrogen-bond acceptors (Lipinski definition) is 7. The number of thiophene rings is 1. The van der Waals surface area contributed by atoms with Crippen LogP contribution in [0, 0.1) is 12.7 Å². The molecule has 0 aliphatic rings. The molecule has 0 saturated carbocycles. The number of carbonyl (C=O) groups is 1. The molecule has 0 atom stereocenters. The Morgan fingerprint density at radius 2 is 2.06 bits per heavy atom. The van der Waals surface area contributed by atoms with Crippen LogP contribution in [0.25, 0.3) is 21.0 Å². The fourth-order valence-corrected chi connectivity index (χ4v) is 5.11. The van der Waals surface area contributed by atoms with Crippen LogP contribution in [0.4, 0.5) is 4.39 Å². The average molecular weight is 488 g/mol. The van der Waals surface area contributed by atoms with Gasteiger partial charge in [-0.1, -0.05) is 0 Å². The first-order chi connectivity index (χ1) is 16.1. The van der Waals surface area contributed by atoms with Crippen LogP contribution in [0.2, 0.25) is 0 Å². The van der Waals surface area contributed by atoms with E-state index in [-0.39, 0.29) is 24.2 Å². The first kappa shape index (κ1) is 23.4. The van der Waals surface area contributed by atoms with Gasteiger partial charge >= 0.3 is 11.7 Å². The van der Waals surface area contributed by atoms with Crippen molar-refractivity contribution in [2.24, 2.45) is 0 Å². The van der Waals surface area contributed by atoms with Crippen molar-refractivity contribution in [2.45, 2.75) is 39.3 Å². The third-order valence-electron chi connectivity index (χ3n) is 5.77. The number of halogens is 1. The van der Waals surface area contributed by atoms with E-state index in [9.17, 15) is 23.9 Å². The molecule has 3 aromatic heterocycles. The lowest BCUT2D eigenvalue weighted by molar-refractivity contribution is -0.146. The minimum Gasteiger partial charge on any atom is -0.496 e. The topological polar surface area (TPSA) is 117 Å². The minimum absolute atomic E-state index is 0.0517. The lowest BCUT2D eigenvalue weighted by atomic mass is 10.1. The Morgan fingerprint density at radius 1 is 1.32 bits per heavy atom. The van der Waals surface area contributed by atoms with Crippen molar-refractivity contribution in [1.82, 2.24) is 14.1 Å². The third-order valence-corrected chi connectivity index (χ3v) is 7.07. The van der Waals surface area contributed by atoms with E-state index in [0.717, 1.165) is 15.9 Å². The largest absolute Gasteiger partial charge is 0.496 e. The second-order valence-electron chi connectivity index (χ2n) is 8.22. The summed E-state index contributed by atoms with van der Waals surface area (Å²) in [6.45, 7) is 4.33. The Bertz CT molecular complexity index is 1510. The van der Waals surface area contributed by atoms with E-state index in [4.69, 9.17) is 9.15 Å². The minimum atomic E-state index is -1.81. The number of carboxylic acids is 1. The third kappa shape index (κ3) is 3.71. The lowest BCUT2D eigenvalue weighted by Gasteiger charge is -2.23. The fraction of sp³-hybridized carbons (Fsp3) is 0.304. The first-order valence-corrected chi connectivity index (χ1v) is 11.1. The number of carboxylic acid groups (broad SMARTS) is 1. The summed E-state index contributed by atoms with van der Waals surface area (Å²) in [6, 6.07) is 4.08. The smallest absolute Gasteiger partial charge is 0.333 e. The van der Waals surface area contributed by atoms with Gasteiger partial charge in [-0.25, -0.2) is 23.5 Å². The molecular formula is C23H22FN3O6S. The molecule has 0 amide bonds. The maximum atomic E-state index is 13.9. The average Bonchev–Trinajstić information content (AvgIpc) is 3.41. The SMILES string of the molecule is COc1ccc(F)cc1CCn1c(=O)n(C(C)(C)C(=O)O)c(=O)c2c(C)c(-c3ncco3)sc21. The number of rotatable bonds is 7. The molecule has 3 heterocycles. The van der Waals surface area contributed by atoms with Gasteiger partial charge in [0.2, 0.25) is 5.89 Å². The second-order valence-corrected chi connectivity index (χ2v) is 9.22. The van der Waals surface area contributed by atoms with Crippen LogP contribution in [-0.2, 0) is 23.3 Å². The van der Waals surface area contributed by atoms with Crippen LogP contribution < -0.4 is 16.0 Å². The number of nitrogens with zero attached hydrogens (tertiary/aromatic N) is 3.